The summed E-state index contributed by atoms with van der Waals surface area (Å²) < 4.78 is 426. The molecule has 0 unspecified atom stereocenters. The van der Waals surface area contributed by atoms with Crippen LogP contribution in [0.25, 0.3) is 0 Å². The number of alkyl halides is 32. The molecule has 0 amide bonds. The number of rotatable bonds is 18. The molecule has 0 aromatic heterocycles. The maximum Gasteiger partial charge on any atom is 0.460 e. The Morgan fingerprint density at radius 2 is 0.585 bits per heavy atom. The van der Waals surface area contributed by atoms with Crippen molar-refractivity contribution in [1.82, 2.24) is 0 Å². The van der Waals surface area contributed by atoms with Gasteiger partial charge >= 0.3 is 90.2 Å². The topological polar surface area (TPSA) is 47.9 Å². The molecule has 0 fully saturated rings. The van der Waals surface area contributed by atoms with Gasteiger partial charge in [0.2, 0.25) is 6.10 Å². The van der Waals surface area contributed by atoms with Crippen molar-refractivity contribution in [2.45, 2.75) is 96.3 Å². The fourth-order valence-electron chi connectivity index (χ4n) is 2.60. The predicted octanol–water partition coefficient (Wildman–Crippen LogP) is 9.57. The lowest BCUT2D eigenvalue weighted by molar-refractivity contribution is -0.562. The van der Waals surface area contributed by atoms with Gasteiger partial charge in [-0.15, -0.1) is 0 Å². The molecular formula is C17H4F32O4. The van der Waals surface area contributed by atoms with Crippen LogP contribution < -0.4 is 0 Å². The zero-order valence-corrected chi connectivity index (χ0v) is 22.6. The summed E-state index contributed by atoms with van der Waals surface area (Å²) in [6.45, 7) is -3.59. The fourth-order valence-corrected chi connectivity index (χ4v) is 2.60. The Morgan fingerprint density at radius 1 is 0.340 bits per heavy atom. The average molecular weight is 880 g/mol. The molecule has 0 aliphatic heterocycles. The van der Waals surface area contributed by atoms with Gasteiger partial charge in [-0.3, -0.25) is 0 Å². The van der Waals surface area contributed by atoms with Crippen molar-refractivity contribution < 1.29 is 160 Å². The first-order chi connectivity index (χ1) is 22.3. The Labute approximate surface area is 264 Å². The van der Waals surface area contributed by atoms with Gasteiger partial charge in [-0.05, 0) is 0 Å². The van der Waals surface area contributed by atoms with E-state index in [9.17, 15) is 140 Å². The van der Waals surface area contributed by atoms with Gasteiger partial charge in [-0.1, -0.05) is 0 Å². The van der Waals surface area contributed by atoms with Gasteiger partial charge in [0, 0.05) is 0 Å². The Balaban J connectivity index is 6.99. The van der Waals surface area contributed by atoms with Crippen LogP contribution in [-0.2, 0) is 14.2 Å². The molecule has 1 N–H and O–H groups in total. The second kappa shape index (κ2) is 13.1. The second-order valence-electron chi connectivity index (χ2n) is 9.25. The minimum Gasteiger partial charge on any atom is -0.379 e. The van der Waals surface area contributed by atoms with E-state index in [0.717, 1.165) is 4.74 Å². The van der Waals surface area contributed by atoms with Gasteiger partial charge in [-0.25, -0.2) is 18.6 Å². The lowest BCUT2D eigenvalue weighted by Gasteiger charge is -2.44. The maximum absolute atomic E-state index is 13.8. The predicted molar refractivity (Wildman–Crippen MR) is 90.5 cm³/mol. The fraction of sp³-hybridized carbons (Fsp3) is 1.00. The third kappa shape index (κ3) is 7.73. The van der Waals surface area contributed by atoms with Gasteiger partial charge in [0.05, 0.1) is 0 Å². The van der Waals surface area contributed by atoms with Crippen molar-refractivity contribution in [3.8, 4) is 0 Å². The molecule has 0 aromatic carbocycles. The summed E-state index contributed by atoms with van der Waals surface area (Å²) in [5.41, 5.74) is 0. The third-order valence-corrected chi connectivity index (χ3v) is 5.43. The second-order valence-corrected chi connectivity index (χ2v) is 9.25. The summed E-state index contributed by atoms with van der Waals surface area (Å²) in [4.78, 5) is 0. The van der Waals surface area contributed by atoms with Crippen molar-refractivity contribution in [1.29, 1.82) is 0 Å². The number of aliphatic hydroxyl groups excluding tert-OH is 1. The highest BCUT2D eigenvalue weighted by Crippen LogP contribution is 2.66. The third-order valence-electron chi connectivity index (χ3n) is 5.43. The minimum absolute atomic E-state index is 1.13. The van der Waals surface area contributed by atoms with Gasteiger partial charge in [0.1, 0.15) is 0 Å². The standard InChI is InChI=1S/C17H4F32O4/c18-1-3(19,20)51-14(42,43)16(46,47)53-17(48,49)15(44,45)52-5(23,24)2(50)4(21,22)6(25,26)7(27,28)8(29,30)9(31,32)10(33,34)11(35,36)12(37,38)13(39,40)41/h2,50H,1H2/t2-/m0/s1. The summed E-state index contributed by atoms with van der Waals surface area (Å²) in [5, 5.41) is 8.51. The zero-order valence-electron chi connectivity index (χ0n) is 22.6. The lowest BCUT2D eigenvalue weighted by atomic mass is 9.86. The first kappa shape index (κ1) is 50.6. The summed E-state index contributed by atoms with van der Waals surface area (Å²) in [7, 11) is 0. The molecule has 0 bridgehead atoms. The molecule has 53 heavy (non-hydrogen) atoms. The van der Waals surface area contributed by atoms with Crippen LogP contribution in [0.3, 0.4) is 0 Å². The molecule has 0 aromatic rings. The summed E-state index contributed by atoms with van der Waals surface area (Å²) in [5.74, 6) is -75.0. The van der Waals surface area contributed by atoms with Crippen molar-refractivity contribution in [2.75, 3.05) is 6.67 Å². The van der Waals surface area contributed by atoms with E-state index in [1.807, 2.05) is 0 Å². The van der Waals surface area contributed by atoms with Crippen LogP contribution in [0.4, 0.5) is 140 Å². The highest BCUT2D eigenvalue weighted by molar-refractivity contribution is 5.17. The number of halogens is 32. The van der Waals surface area contributed by atoms with E-state index in [0.29, 0.717) is 0 Å². The Kier molecular flexibility index (Phi) is 12.5. The quantitative estimate of drug-likeness (QED) is 0.140. The highest BCUT2D eigenvalue weighted by Gasteiger charge is 2.97. The van der Waals surface area contributed by atoms with Crippen LogP contribution in [0.15, 0.2) is 0 Å². The molecular weight excluding hydrogens is 876 g/mol. The van der Waals surface area contributed by atoms with Gasteiger partial charge in [0.25, 0.3) is 0 Å². The Morgan fingerprint density at radius 3 is 0.868 bits per heavy atom. The number of ether oxygens (including phenoxy) is 3. The Bertz CT molecular complexity index is 1280. The number of hydrogen-bond donors (Lipinski definition) is 1. The zero-order chi connectivity index (χ0) is 43.9. The molecule has 0 rings (SSSR count). The summed E-state index contributed by atoms with van der Waals surface area (Å²) in [6, 6.07) is 0. The van der Waals surface area contributed by atoms with Gasteiger partial charge in [0.15, 0.2) is 6.67 Å². The highest BCUT2D eigenvalue weighted by atomic mass is 19.4. The van der Waals surface area contributed by atoms with E-state index >= 15 is 0 Å². The van der Waals surface area contributed by atoms with Crippen molar-refractivity contribution in [3.63, 3.8) is 0 Å². The summed E-state index contributed by atoms with van der Waals surface area (Å²) >= 11 is 0. The van der Waals surface area contributed by atoms with Crippen LogP contribution in [0.1, 0.15) is 0 Å². The summed E-state index contributed by atoms with van der Waals surface area (Å²) in [6.07, 6.45) is -61.8. The van der Waals surface area contributed by atoms with Crippen molar-refractivity contribution in [2.24, 2.45) is 0 Å². The van der Waals surface area contributed by atoms with Crippen LogP contribution in [-0.4, -0.2) is 108 Å². The SMILES string of the molecule is O[C@H](C(F)(F)OC(F)(F)C(F)(F)OC(F)(F)C(F)(F)OC(F)(F)CF)C(F)(F)C(F)(F)C(F)(F)C(F)(F)C(F)(F)C(F)(F)C(F)(F)C(F)(F)C(F)(F)F. The minimum atomic E-state index is -9.74. The lowest BCUT2D eigenvalue weighted by Crippen LogP contribution is -2.77. The van der Waals surface area contributed by atoms with E-state index in [1.165, 1.54) is 4.74 Å². The monoisotopic (exact) mass is 880 g/mol. The van der Waals surface area contributed by atoms with E-state index in [1.54, 1.807) is 4.74 Å². The molecule has 0 aliphatic rings. The maximum atomic E-state index is 13.8. The molecule has 0 saturated heterocycles. The normalized spacial score (nSPS) is 17.4. The van der Waals surface area contributed by atoms with E-state index in [-0.39, 0.29) is 0 Å². The van der Waals surface area contributed by atoms with E-state index < -0.39 is 103 Å². The number of hydrogen-bond acceptors (Lipinski definition) is 4. The molecule has 0 heterocycles. The largest absolute Gasteiger partial charge is 0.460 e. The van der Waals surface area contributed by atoms with Crippen LogP contribution in [0.2, 0.25) is 0 Å². The number of aliphatic hydroxyl groups is 1. The van der Waals surface area contributed by atoms with Crippen LogP contribution in [0, 0.1) is 0 Å². The van der Waals surface area contributed by atoms with Crippen LogP contribution >= 0.6 is 0 Å². The molecule has 36 heteroatoms. The average Bonchev–Trinajstić information content (AvgIpc) is 2.89. The van der Waals surface area contributed by atoms with Crippen molar-refractivity contribution >= 4 is 0 Å². The molecule has 1 atom stereocenters. The Hall–Kier alpha value is -2.40. The molecule has 0 saturated carbocycles. The smallest absolute Gasteiger partial charge is 0.379 e. The molecule has 4 nitrogen and oxygen atoms in total. The first-order valence-corrected chi connectivity index (χ1v) is 11.0. The molecule has 0 radical (unpaired) electrons. The van der Waals surface area contributed by atoms with Gasteiger partial charge in [-0.2, -0.15) is 136 Å². The first-order valence-electron chi connectivity index (χ1n) is 11.0. The van der Waals surface area contributed by atoms with Crippen molar-refractivity contribution in [3.05, 3.63) is 0 Å². The molecule has 0 aliphatic carbocycles. The van der Waals surface area contributed by atoms with E-state index in [4.69, 9.17) is 5.11 Å². The van der Waals surface area contributed by atoms with E-state index in [2.05, 4.69) is 0 Å². The molecule has 320 valence electrons. The van der Waals surface area contributed by atoms with Crippen LogP contribution in [0.5, 0.6) is 0 Å². The molecule has 0 spiro atoms. The van der Waals surface area contributed by atoms with Gasteiger partial charge < -0.3 is 5.11 Å².